The fraction of sp³-hybridized carbons (Fsp3) is 0.130. The Bertz CT molecular complexity index is 1090. The largest absolute Gasteiger partial charge is 0.497 e. The Balaban J connectivity index is 1.73. The predicted octanol–water partition coefficient (Wildman–Crippen LogP) is 5.09. The van der Waals surface area contributed by atoms with Crippen molar-refractivity contribution >= 4 is 5.69 Å². The number of hydrogen-bond acceptors (Lipinski definition) is 6. The van der Waals surface area contributed by atoms with E-state index >= 15 is 0 Å². The highest BCUT2D eigenvalue weighted by Gasteiger charge is 2.22. The van der Waals surface area contributed by atoms with Crippen LogP contribution >= 0.6 is 0 Å². The van der Waals surface area contributed by atoms with Gasteiger partial charge in [0.1, 0.15) is 23.4 Å². The van der Waals surface area contributed by atoms with Gasteiger partial charge in [-0.25, -0.2) is 4.39 Å². The summed E-state index contributed by atoms with van der Waals surface area (Å²) in [5, 5.41) is 11.8. The molecule has 4 rings (SSSR count). The van der Waals surface area contributed by atoms with Gasteiger partial charge in [0.05, 0.1) is 14.2 Å². The molecule has 6 nitrogen and oxygen atoms in total. The number of nitrogens with zero attached hydrogens (tertiary/aromatic N) is 2. The summed E-state index contributed by atoms with van der Waals surface area (Å²) in [6, 6.07) is 20.6. The zero-order valence-corrected chi connectivity index (χ0v) is 16.5. The van der Waals surface area contributed by atoms with E-state index in [1.54, 1.807) is 32.4 Å². The predicted molar refractivity (Wildman–Crippen MR) is 111 cm³/mol. The standard InChI is InChI=1S/C23H20FN3O3/c1-28-19-12-18(13-20(14-19)29-2)25-21(15-8-10-17(24)11-9-15)23-27-26-22(30-23)16-6-4-3-5-7-16/h3-14,21,25H,1-2H3/t21-/m1/s1. The van der Waals surface area contributed by atoms with Gasteiger partial charge in [0.15, 0.2) is 0 Å². The smallest absolute Gasteiger partial charge is 0.247 e. The van der Waals surface area contributed by atoms with E-state index in [2.05, 4.69) is 15.5 Å². The molecule has 1 N–H and O–H groups in total. The molecule has 0 fully saturated rings. The first-order valence-electron chi connectivity index (χ1n) is 9.30. The lowest BCUT2D eigenvalue weighted by Crippen LogP contribution is -2.13. The van der Waals surface area contributed by atoms with Crippen LogP contribution in [0.2, 0.25) is 0 Å². The Morgan fingerprint density at radius 2 is 1.53 bits per heavy atom. The lowest BCUT2D eigenvalue weighted by Gasteiger charge is -2.18. The number of ether oxygens (including phenoxy) is 2. The van der Waals surface area contributed by atoms with Gasteiger partial charge in [-0.15, -0.1) is 10.2 Å². The summed E-state index contributed by atoms with van der Waals surface area (Å²) in [7, 11) is 3.17. The Morgan fingerprint density at radius 3 is 2.17 bits per heavy atom. The van der Waals surface area contributed by atoms with Crippen molar-refractivity contribution in [2.24, 2.45) is 0 Å². The van der Waals surface area contributed by atoms with Crippen LogP contribution in [0.5, 0.6) is 11.5 Å². The number of methoxy groups -OCH3 is 2. The minimum absolute atomic E-state index is 0.323. The van der Waals surface area contributed by atoms with Gasteiger partial charge in [0, 0.05) is 29.4 Å². The zero-order valence-electron chi connectivity index (χ0n) is 16.5. The second-order valence-electron chi connectivity index (χ2n) is 6.54. The maximum atomic E-state index is 13.5. The highest BCUT2D eigenvalue weighted by atomic mass is 19.1. The summed E-state index contributed by atoms with van der Waals surface area (Å²) in [5.74, 6) is 1.69. The third-order valence-electron chi connectivity index (χ3n) is 4.57. The van der Waals surface area contributed by atoms with E-state index in [9.17, 15) is 4.39 Å². The van der Waals surface area contributed by atoms with Crippen LogP contribution in [-0.4, -0.2) is 24.4 Å². The molecule has 3 aromatic carbocycles. The number of rotatable bonds is 7. The first-order valence-corrected chi connectivity index (χ1v) is 9.30. The highest BCUT2D eigenvalue weighted by Crippen LogP contribution is 2.32. The molecular weight excluding hydrogens is 385 g/mol. The normalized spacial score (nSPS) is 11.7. The van der Waals surface area contributed by atoms with Crippen LogP contribution in [0.1, 0.15) is 17.5 Å². The summed E-state index contributed by atoms with van der Waals surface area (Å²) < 4.78 is 30.2. The summed E-state index contributed by atoms with van der Waals surface area (Å²) in [4.78, 5) is 0. The van der Waals surface area contributed by atoms with E-state index in [-0.39, 0.29) is 5.82 Å². The van der Waals surface area contributed by atoms with Crippen molar-refractivity contribution in [3.63, 3.8) is 0 Å². The van der Waals surface area contributed by atoms with E-state index in [0.29, 0.717) is 23.3 Å². The number of nitrogens with one attached hydrogen (secondary N) is 1. The molecule has 0 saturated carbocycles. The molecular formula is C23H20FN3O3. The lowest BCUT2D eigenvalue weighted by atomic mass is 10.1. The van der Waals surface area contributed by atoms with Crippen LogP contribution in [0.4, 0.5) is 10.1 Å². The van der Waals surface area contributed by atoms with Crippen LogP contribution in [0.3, 0.4) is 0 Å². The maximum Gasteiger partial charge on any atom is 0.247 e. The van der Waals surface area contributed by atoms with Gasteiger partial charge >= 0.3 is 0 Å². The van der Waals surface area contributed by atoms with Gasteiger partial charge < -0.3 is 19.2 Å². The monoisotopic (exact) mass is 405 g/mol. The van der Waals surface area contributed by atoms with E-state index in [0.717, 1.165) is 16.8 Å². The number of anilines is 1. The number of halogens is 1. The van der Waals surface area contributed by atoms with Crippen LogP contribution in [0.25, 0.3) is 11.5 Å². The Kier molecular flexibility index (Phi) is 5.61. The molecule has 0 aliphatic carbocycles. The first kappa shape index (κ1) is 19.4. The SMILES string of the molecule is COc1cc(N[C@H](c2ccc(F)cc2)c2nnc(-c3ccccc3)o2)cc(OC)c1. The van der Waals surface area contributed by atoms with E-state index < -0.39 is 6.04 Å². The molecule has 4 aromatic rings. The molecule has 0 spiro atoms. The molecule has 1 atom stereocenters. The van der Waals surface area contributed by atoms with Crippen molar-refractivity contribution in [2.75, 3.05) is 19.5 Å². The second-order valence-corrected chi connectivity index (χ2v) is 6.54. The molecule has 0 amide bonds. The minimum Gasteiger partial charge on any atom is -0.497 e. The van der Waals surface area contributed by atoms with E-state index in [1.807, 2.05) is 42.5 Å². The Labute approximate surface area is 173 Å². The third kappa shape index (κ3) is 4.25. The number of hydrogen-bond donors (Lipinski definition) is 1. The molecule has 152 valence electrons. The van der Waals surface area contributed by atoms with Gasteiger partial charge in [-0.3, -0.25) is 0 Å². The average molecular weight is 405 g/mol. The quantitative estimate of drug-likeness (QED) is 0.462. The highest BCUT2D eigenvalue weighted by molar-refractivity contribution is 5.56. The molecule has 1 heterocycles. The van der Waals surface area contributed by atoms with Crippen molar-refractivity contribution in [3.8, 4) is 23.0 Å². The van der Waals surface area contributed by atoms with Crippen LogP contribution in [-0.2, 0) is 0 Å². The Hall–Kier alpha value is -3.87. The molecule has 30 heavy (non-hydrogen) atoms. The molecule has 0 unspecified atom stereocenters. The van der Waals surface area contributed by atoms with Gasteiger partial charge in [-0.2, -0.15) is 0 Å². The minimum atomic E-state index is -0.507. The number of aromatic nitrogens is 2. The fourth-order valence-corrected chi connectivity index (χ4v) is 3.05. The van der Waals surface area contributed by atoms with E-state index in [1.165, 1.54) is 12.1 Å². The van der Waals surface area contributed by atoms with Crippen LogP contribution in [0.15, 0.2) is 77.2 Å². The molecule has 0 aliphatic rings. The van der Waals surface area contributed by atoms with Gasteiger partial charge in [-0.05, 0) is 29.8 Å². The van der Waals surface area contributed by atoms with Crippen molar-refractivity contribution in [2.45, 2.75) is 6.04 Å². The summed E-state index contributed by atoms with van der Waals surface area (Å²) in [6.45, 7) is 0. The molecule has 0 bridgehead atoms. The van der Waals surface area contributed by atoms with E-state index in [4.69, 9.17) is 13.9 Å². The fourth-order valence-electron chi connectivity index (χ4n) is 3.05. The van der Waals surface area contributed by atoms with Gasteiger partial charge in [0.2, 0.25) is 11.8 Å². The summed E-state index contributed by atoms with van der Waals surface area (Å²) in [6.07, 6.45) is 0. The molecule has 0 saturated heterocycles. The maximum absolute atomic E-state index is 13.5. The van der Waals surface area contributed by atoms with Gasteiger partial charge in [0.25, 0.3) is 0 Å². The Morgan fingerprint density at radius 1 is 0.867 bits per heavy atom. The average Bonchev–Trinajstić information content (AvgIpc) is 3.28. The molecule has 1 aromatic heterocycles. The topological polar surface area (TPSA) is 69.4 Å². The lowest BCUT2D eigenvalue weighted by molar-refractivity contribution is 0.394. The third-order valence-corrected chi connectivity index (χ3v) is 4.57. The van der Waals surface area contributed by atoms with Crippen molar-refractivity contribution in [1.82, 2.24) is 10.2 Å². The van der Waals surface area contributed by atoms with Gasteiger partial charge in [-0.1, -0.05) is 30.3 Å². The van der Waals surface area contributed by atoms with Crippen molar-refractivity contribution in [3.05, 3.63) is 90.1 Å². The van der Waals surface area contributed by atoms with Crippen molar-refractivity contribution in [1.29, 1.82) is 0 Å². The van der Waals surface area contributed by atoms with Crippen molar-refractivity contribution < 1.29 is 18.3 Å². The van der Waals surface area contributed by atoms with Crippen LogP contribution in [0, 0.1) is 5.82 Å². The van der Waals surface area contributed by atoms with Crippen LogP contribution < -0.4 is 14.8 Å². The molecule has 7 heteroatoms. The number of benzene rings is 3. The first-order chi connectivity index (χ1) is 14.7. The molecule has 0 aliphatic heterocycles. The second kappa shape index (κ2) is 8.65. The summed E-state index contributed by atoms with van der Waals surface area (Å²) in [5.41, 5.74) is 2.30. The molecule has 0 radical (unpaired) electrons. The summed E-state index contributed by atoms with van der Waals surface area (Å²) >= 11 is 0. The zero-order chi connectivity index (χ0) is 20.9.